The van der Waals surface area contributed by atoms with Crippen LogP contribution >= 0.6 is 0 Å². The number of aliphatic hydroxyl groups is 1. The van der Waals surface area contributed by atoms with Gasteiger partial charge in [-0.3, -0.25) is 9.69 Å². The number of hydrogen-bond donors (Lipinski definition) is 1. The first-order valence-corrected chi connectivity index (χ1v) is 13.2. The number of likely N-dealkylation sites (tertiary alicyclic amines) is 2. The zero-order valence-electron chi connectivity index (χ0n) is 24.2. The molecular weight excluding hydrogens is 484 g/mol. The summed E-state index contributed by atoms with van der Waals surface area (Å²) in [5, 5.41) is 10.3. The molecule has 1 N–H and O–H groups in total. The summed E-state index contributed by atoms with van der Waals surface area (Å²) >= 11 is 0. The molecule has 3 atom stereocenters. The van der Waals surface area contributed by atoms with Gasteiger partial charge in [0.25, 0.3) is 0 Å². The first-order valence-electron chi connectivity index (χ1n) is 13.2. The molecule has 2 aromatic rings. The number of nitrogens with zero attached hydrogens (tertiary/aromatic N) is 2. The monoisotopic (exact) mass is 528 g/mol. The lowest BCUT2D eigenvalue weighted by Crippen LogP contribution is -2.40. The van der Waals surface area contributed by atoms with E-state index >= 15 is 0 Å². The lowest BCUT2D eigenvalue weighted by atomic mass is 9.84. The van der Waals surface area contributed by atoms with Crippen molar-refractivity contribution in [2.45, 2.75) is 44.6 Å². The number of β-amino-alcohol motifs (C(OH)–C–C–N with tert-alkyl or cyclic N) is 1. The molecule has 2 heterocycles. The average Bonchev–Trinajstić information content (AvgIpc) is 2.89. The van der Waals surface area contributed by atoms with Gasteiger partial charge in [0.2, 0.25) is 0 Å². The molecule has 2 aromatic carbocycles. The predicted molar refractivity (Wildman–Crippen MR) is 149 cm³/mol. The molecule has 210 valence electrons. The van der Waals surface area contributed by atoms with Gasteiger partial charge in [-0.1, -0.05) is 0 Å². The number of carbonyl (C=O) groups excluding carboxylic acids is 1. The van der Waals surface area contributed by atoms with Crippen LogP contribution in [0.1, 0.15) is 46.9 Å². The highest BCUT2D eigenvalue weighted by Gasteiger charge is 2.31. The quantitative estimate of drug-likeness (QED) is 0.607. The smallest absolute Gasteiger partial charge is 0.154 e. The number of hydrogen-bond acceptors (Lipinski definition) is 8. The number of ether oxygens (including phenoxy) is 4. The summed E-state index contributed by atoms with van der Waals surface area (Å²) in [6.07, 6.45) is 1.44. The topological polar surface area (TPSA) is 80.7 Å². The van der Waals surface area contributed by atoms with Gasteiger partial charge in [-0.2, -0.15) is 0 Å². The number of methoxy groups -OCH3 is 4. The third-order valence-corrected chi connectivity index (χ3v) is 7.67. The highest BCUT2D eigenvalue weighted by molar-refractivity contribution is 5.89. The Morgan fingerprint density at radius 1 is 0.763 bits per heavy atom. The Bertz CT molecular complexity index is 1100. The lowest BCUT2D eigenvalue weighted by Gasteiger charge is -2.35. The average molecular weight is 529 g/mol. The minimum atomic E-state index is -0.347. The van der Waals surface area contributed by atoms with E-state index in [1.165, 1.54) is 0 Å². The fourth-order valence-electron chi connectivity index (χ4n) is 5.66. The van der Waals surface area contributed by atoms with Gasteiger partial charge in [-0.15, -0.1) is 0 Å². The second kappa shape index (κ2) is 13.3. The van der Waals surface area contributed by atoms with Crippen molar-refractivity contribution in [2.24, 2.45) is 0 Å². The predicted octanol–water partition coefficient (Wildman–Crippen LogP) is 3.79. The molecule has 0 saturated carbocycles. The van der Waals surface area contributed by atoms with Crippen molar-refractivity contribution in [1.29, 1.82) is 0 Å². The molecule has 0 amide bonds. The van der Waals surface area contributed by atoms with Crippen LogP contribution in [0, 0.1) is 13.8 Å². The molecule has 0 bridgehead atoms. The Labute approximate surface area is 227 Å². The number of aryl methyl sites for hydroxylation is 2. The van der Waals surface area contributed by atoms with Crippen LogP contribution in [0.5, 0.6) is 23.0 Å². The number of aliphatic hydroxyl groups excluding tert-OH is 1. The lowest BCUT2D eigenvalue weighted by molar-refractivity contribution is -0.123. The van der Waals surface area contributed by atoms with Crippen LogP contribution < -0.4 is 18.9 Å². The Morgan fingerprint density at radius 3 is 1.79 bits per heavy atom. The second-order valence-corrected chi connectivity index (χ2v) is 10.4. The maximum absolute atomic E-state index is 12.3. The number of rotatable bonds is 6. The van der Waals surface area contributed by atoms with E-state index < -0.39 is 0 Å². The summed E-state index contributed by atoms with van der Waals surface area (Å²) in [7, 11) is 10.6. The van der Waals surface area contributed by atoms with Crippen molar-refractivity contribution in [3.8, 4) is 23.0 Å². The standard InChI is InChI=1S/C15H23NO3.C15H21NO3/c2*1-10-7-11(18-3)8-14(19-4)15(10)12-5-6-16(2)9-13(12)17/h7-8,12-13,17H,5-6,9H2,1-4H3;7-8,12H,5-6,9H2,1-4H3. The number of likely N-dealkylation sites (N-methyl/N-ethyl adjacent to an activating group) is 2. The SMILES string of the molecule is COc1cc(C)c(C2CCN(C)CC2=O)c(OC)c1.COc1cc(C)c(C2CCN(C)CC2O)c(OC)c1. The van der Waals surface area contributed by atoms with E-state index in [-0.39, 0.29) is 23.7 Å². The summed E-state index contributed by atoms with van der Waals surface area (Å²) in [6.45, 7) is 7.21. The number of ketones is 1. The summed E-state index contributed by atoms with van der Waals surface area (Å²) in [4.78, 5) is 16.5. The molecule has 38 heavy (non-hydrogen) atoms. The molecule has 0 spiro atoms. The van der Waals surface area contributed by atoms with Gasteiger partial charge in [0, 0.05) is 41.6 Å². The van der Waals surface area contributed by atoms with Crippen molar-refractivity contribution >= 4 is 5.78 Å². The summed E-state index contributed by atoms with van der Waals surface area (Å²) in [5.74, 6) is 3.46. The van der Waals surface area contributed by atoms with Crippen LogP contribution in [0.15, 0.2) is 24.3 Å². The summed E-state index contributed by atoms with van der Waals surface area (Å²) in [5.41, 5.74) is 4.30. The van der Waals surface area contributed by atoms with Crippen LogP contribution in [-0.2, 0) is 4.79 Å². The molecule has 2 aliphatic rings. The Kier molecular flexibility index (Phi) is 10.4. The van der Waals surface area contributed by atoms with Gasteiger partial charge in [0.15, 0.2) is 5.78 Å². The van der Waals surface area contributed by atoms with Crippen molar-refractivity contribution in [2.75, 3.05) is 68.7 Å². The minimum absolute atomic E-state index is 0.0583. The largest absolute Gasteiger partial charge is 0.497 e. The van der Waals surface area contributed by atoms with E-state index in [1.807, 2.05) is 52.2 Å². The Balaban J connectivity index is 0.000000211. The minimum Gasteiger partial charge on any atom is -0.497 e. The van der Waals surface area contributed by atoms with Gasteiger partial charge in [-0.25, -0.2) is 0 Å². The number of piperidine rings is 2. The number of benzene rings is 2. The van der Waals surface area contributed by atoms with Crippen LogP contribution in [0.25, 0.3) is 0 Å². The molecule has 2 fully saturated rings. The first-order chi connectivity index (χ1) is 18.1. The molecule has 3 unspecified atom stereocenters. The van der Waals surface area contributed by atoms with E-state index in [4.69, 9.17) is 18.9 Å². The number of Topliss-reactive ketones (excluding diaryl/α,β-unsaturated/α-hetero) is 1. The van der Waals surface area contributed by atoms with Crippen molar-refractivity contribution in [3.05, 3.63) is 46.5 Å². The van der Waals surface area contributed by atoms with E-state index in [0.29, 0.717) is 13.1 Å². The third kappa shape index (κ3) is 6.79. The van der Waals surface area contributed by atoms with E-state index in [0.717, 1.165) is 71.2 Å². The molecule has 8 heteroatoms. The van der Waals surface area contributed by atoms with Crippen LogP contribution in [0.2, 0.25) is 0 Å². The Hall–Kier alpha value is -2.81. The fourth-order valence-corrected chi connectivity index (χ4v) is 5.66. The van der Waals surface area contributed by atoms with E-state index in [1.54, 1.807) is 28.4 Å². The van der Waals surface area contributed by atoms with Crippen molar-refractivity contribution in [1.82, 2.24) is 9.80 Å². The van der Waals surface area contributed by atoms with E-state index in [2.05, 4.69) is 9.80 Å². The number of carbonyl (C=O) groups is 1. The molecule has 0 radical (unpaired) electrons. The fraction of sp³-hybridized carbons (Fsp3) is 0.567. The maximum Gasteiger partial charge on any atom is 0.154 e. The van der Waals surface area contributed by atoms with Gasteiger partial charge < -0.3 is 29.0 Å². The van der Waals surface area contributed by atoms with Crippen LogP contribution in [0.3, 0.4) is 0 Å². The molecule has 0 aliphatic carbocycles. The highest BCUT2D eigenvalue weighted by atomic mass is 16.5. The summed E-state index contributed by atoms with van der Waals surface area (Å²) in [6, 6.07) is 7.72. The maximum atomic E-state index is 12.3. The Morgan fingerprint density at radius 2 is 1.29 bits per heavy atom. The molecular formula is C30H44N2O6. The van der Waals surface area contributed by atoms with Gasteiger partial charge in [0.05, 0.1) is 41.1 Å². The van der Waals surface area contributed by atoms with Crippen molar-refractivity contribution < 1.29 is 28.8 Å². The van der Waals surface area contributed by atoms with Crippen LogP contribution in [0.4, 0.5) is 0 Å². The second-order valence-electron chi connectivity index (χ2n) is 10.4. The van der Waals surface area contributed by atoms with Crippen LogP contribution in [-0.4, -0.2) is 95.5 Å². The van der Waals surface area contributed by atoms with Crippen molar-refractivity contribution in [3.63, 3.8) is 0 Å². The zero-order valence-corrected chi connectivity index (χ0v) is 24.2. The molecule has 2 aliphatic heterocycles. The highest BCUT2D eigenvalue weighted by Crippen LogP contribution is 2.39. The zero-order chi connectivity index (χ0) is 28.0. The molecule has 8 nitrogen and oxygen atoms in total. The van der Waals surface area contributed by atoms with Gasteiger partial charge >= 0.3 is 0 Å². The summed E-state index contributed by atoms with van der Waals surface area (Å²) < 4.78 is 21.5. The molecule has 2 saturated heterocycles. The molecule has 4 rings (SSSR count). The van der Waals surface area contributed by atoms with Gasteiger partial charge in [0.1, 0.15) is 23.0 Å². The normalized spacial score (nSPS) is 22.3. The van der Waals surface area contributed by atoms with Gasteiger partial charge in [-0.05, 0) is 77.1 Å². The first kappa shape index (κ1) is 29.7. The third-order valence-electron chi connectivity index (χ3n) is 7.67. The van der Waals surface area contributed by atoms with E-state index in [9.17, 15) is 9.90 Å². The molecule has 0 aromatic heterocycles.